The van der Waals surface area contributed by atoms with E-state index in [0.717, 1.165) is 24.0 Å². The second-order valence-corrected chi connectivity index (χ2v) is 6.18. The van der Waals surface area contributed by atoms with Gasteiger partial charge in [0.25, 0.3) is 0 Å². The Morgan fingerprint density at radius 1 is 1.09 bits per heavy atom. The minimum absolute atomic E-state index is 0.0459. The number of aryl methyl sites for hydroxylation is 2. The molecule has 0 bridgehead atoms. The number of aliphatic carboxylic acids is 1. The summed E-state index contributed by atoms with van der Waals surface area (Å²) < 4.78 is 0. The van der Waals surface area contributed by atoms with Crippen molar-refractivity contribution in [3.63, 3.8) is 0 Å². The summed E-state index contributed by atoms with van der Waals surface area (Å²) in [7, 11) is 0. The van der Waals surface area contributed by atoms with E-state index in [1.165, 1.54) is 0 Å². The van der Waals surface area contributed by atoms with Gasteiger partial charge in [0.05, 0.1) is 6.42 Å². The summed E-state index contributed by atoms with van der Waals surface area (Å²) in [6.07, 6.45) is 2.11. The summed E-state index contributed by atoms with van der Waals surface area (Å²) >= 11 is 0. The van der Waals surface area contributed by atoms with Crippen molar-refractivity contribution in [3.05, 3.63) is 34.9 Å². The Morgan fingerprint density at radius 2 is 1.78 bits per heavy atom. The first-order chi connectivity index (χ1) is 10.9. The van der Waals surface area contributed by atoms with Crippen LogP contribution in [0.15, 0.2) is 18.2 Å². The topological polar surface area (TPSA) is 74.7 Å². The molecule has 0 heterocycles. The number of carboxylic acid groups (broad SMARTS) is 1. The zero-order valence-electron chi connectivity index (χ0n) is 13.7. The number of nitrogens with zero attached hydrogens (tertiary/aromatic N) is 1. The van der Waals surface area contributed by atoms with E-state index in [4.69, 9.17) is 5.11 Å². The first-order valence-corrected chi connectivity index (χ1v) is 8.00. The average Bonchev–Trinajstić information content (AvgIpc) is 3.32. The Kier molecular flexibility index (Phi) is 5.53. The quantitative estimate of drug-likeness (QED) is 0.748. The number of carbonyl (C=O) groups excluding carboxylic acids is 2. The molecule has 0 saturated heterocycles. The molecule has 1 aliphatic rings. The second-order valence-electron chi connectivity index (χ2n) is 6.18. The summed E-state index contributed by atoms with van der Waals surface area (Å²) in [5.74, 6) is -1.07. The van der Waals surface area contributed by atoms with Crippen molar-refractivity contribution in [2.75, 3.05) is 6.54 Å². The van der Waals surface area contributed by atoms with Crippen molar-refractivity contribution in [2.24, 2.45) is 0 Å². The fourth-order valence-corrected chi connectivity index (χ4v) is 2.54. The normalized spacial score (nSPS) is 13.7. The number of carboxylic acids is 1. The molecule has 0 radical (unpaired) electrons. The van der Waals surface area contributed by atoms with Crippen molar-refractivity contribution in [2.45, 2.75) is 52.0 Å². The van der Waals surface area contributed by atoms with Crippen LogP contribution in [0.1, 0.15) is 53.6 Å². The summed E-state index contributed by atoms with van der Waals surface area (Å²) in [5.41, 5.74) is 2.82. The second kappa shape index (κ2) is 7.40. The molecule has 0 atom stereocenters. The number of ketones is 1. The molecule has 124 valence electrons. The maximum Gasteiger partial charge on any atom is 0.305 e. The number of benzene rings is 1. The molecule has 0 aromatic heterocycles. The van der Waals surface area contributed by atoms with Gasteiger partial charge in [0, 0.05) is 31.0 Å². The Hall–Kier alpha value is -2.17. The van der Waals surface area contributed by atoms with Crippen LogP contribution in [0, 0.1) is 13.8 Å². The molecule has 0 spiro atoms. The third-order valence-corrected chi connectivity index (χ3v) is 4.27. The van der Waals surface area contributed by atoms with Gasteiger partial charge < -0.3 is 10.0 Å². The van der Waals surface area contributed by atoms with Gasteiger partial charge in [0.15, 0.2) is 5.78 Å². The maximum absolute atomic E-state index is 12.3. The lowest BCUT2D eigenvalue weighted by atomic mass is 10.0. The van der Waals surface area contributed by atoms with E-state index in [1.54, 1.807) is 11.0 Å². The van der Waals surface area contributed by atoms with Crippen LogP contribution in [0.25, 0.3) is 0 Å². The maximum atomic E-state index is 12.3. The van der Waals surface area contributed by atoms with Gasteiger partial charge in [-0.1, -0.05) is 12.1 Å². The molecule has 1 aromatic carbocycles. The van der Waals surface area contributed by atoms with E-state index >= 15 is 0 Å². The third kappa shape index (κ3) is 4.91. The van der Waals surface area contributed by atoms with Gasteiger partial charge in [0.1, 0.15) is 0 Å². The molecule has 1 amide bonds. The highest BCUT2D eigenvalue weighted by molar-refractivity contribution is 5.98. The largest absolute Gasteiger partial charge is 0.481 e. The van der Waals surface area contributed by atoms with Gasteiger partial charge in [-0.05, 0) is 43.9 Å². The van der Waals surface area contributed by atoms with Crippen molar-refractivity contribution < 1.29 is 19.5 Å². The molecule has 1 N–H and O–H groups in total. The van der Waals surface area contributed by atoms with Gasteiger partial charge in [-0.3, -0.25) is 14.4 Å². The van der Waals surface area contributed by atoms with E-state index in [0.29, 0.717) is 5.56 Å². The summed E-state index contributed by atoms with van der Waals surface area (Å²) in [6.45, 7) is 4.18. The van der Waals surface area contributed by atoms with E-state index in [1.807, 2.05) is 26.0 Å². The van der Waals surface area contributed by atoms with Crippen LogP contribution >= 0.6 is 0 Å². The monoisotopic (exact) mass is 317 g/mol. The highest BCUT2D eigenvalue weighted by Gasteiger charge is 2.32. The van der Waals surface area contributed by atoms with Crippen molar-refractivity contribution in [3.8, 4) is 0 Å². The lowest BCUT2D eigenvalue weighted by Gasteiger charge is -2.21. The van der Waals surface area contributed by atoms with Crippen molar-refractivity contribution >= 4 is 17.7 Å². The highest BCUT2D eigenvalue weighted by atomic mass is 16.4. The molecule has 1 saturated carbocycles. The minimum Gasteiger partial charge on any atom is -0.481 e. The third-order valence-electron chi connectivity index (χ3n) is 4.27. The fraction of sp³-hybridized carbons (Fsp3) is 0.500. The molecule has 1 aromatic rings. The van der Waals surface area contributed by atoms with Crippen LogP contribution in [0.2, 0.25) is 0 Å². The van der Waals surface area contributed by atoms with Gasteiger partial charge in [-0.15, -0.1) is 0 Å². The molecule has 5 heteroatoms. The number of carbonyl (C=O) groups is 3. The molecule has 0 aliphatic heterocycles. The lowest BCUT2D eigenvalue weighted by molar-refractivity contribution is -0.138. The molecule has 1 fully saturated rings. The highest BCUT2D eigenvalue weighted by Crippen LogP contribution is 2.28. The first kappa shape index (κ1) is 17.2. The Bertz CT molecular complexity index is 619. The predicted octanol–water partition coefficient (Wildman–Crippen LogP) is 2.73. The minimum atomic E-state index is -0.908. The number of rotatable bonds is 8. The number of hydrogen-bond acceptors (Lipinski definition) is 3. The van der Waals surface area contributed by atoms with Gasteiger partial charge in [-0.25, -0.2) is 0 Å². The van der Waals surface area contributed by atoms with Gasteiger partial charge in [0.2, 0.25) is 5.91 Å². The Morgan fingerprint density at radius 3 is 2.35 bits per heavy atom. The summed E-state index contributed by atoms with van der Waals surface area (Å²) in [4.78, 5) is 36.8. The van der Waals surface area contributed by atoms with Crippen LogP contribution in [0.3, 0.4) is 0 Å². The molecular weight excluding hydrogens is 294 g/mol. The number of Topliss-reactive ketones (excluding diaryl/α,β-unsaturated/α-hetero) is 1. The van der Waals surface area contributed by atoms with Crippen LogP contribution in [0.5, 0.6) is 0 Å². The Balaban J connectivity index is 1.90. The molecule has 2 rings (SSSR count). The van der Waals surface area contributed by atoms with E-state index in [9.17, 15) is 14.4 Å². The predicted molar refractivity (Wildman–Crippen MR) is 86.5 cm³/mol. The molecule has 1 aliphatic carbocycles. The van der Waals surface area contributed by atoms with Gasteiger partial charge >= 0.3 is 5.97 Å². The summed E-state index contributed by atoms with van der Waals surface area (Å²) in [5, 5.41) is 8.77. The lowest BCUT2D eigenvalue weighted by Crippen LogP contribution is -2.35. The van der Waals surface area contributed by atoms with E-state index < -0.39 is 5.97 Å². The van der Waals surface area contributed by atoms with Crippen LogP contribution in [-0.4, -0.2) is 40.3 Å². The molecule has 0 unspecified atom stereocenters. The molecule has 5 nitrogen and oxygen atoms in total. The van der Waals surface area contributed by atoms with E-state index in [-0.39, 0.29) is 43.5 Å². The van der Waals surface area contributed by atoms with Crippen molar-refractivity contribution in [1.29, 1.82) is 0 Å². The van der Waals surface area contributed by atoms with E-state index in [2.05, 4.69) is 0 Å². The standard InChI is InChI=1S/C18H23NO4/c1-12-3-4-14(11-13(12)2)16(20)7-8-17(21)19(15-5-6-15)10-9-18(22)23/h3-4,11,15H,5-10H2,1-2H3,(H,22,23). The number of amides is 1. The fourth-order valence-electron chi connectivity index (χ4n) is 2.54. The SMILES string of the molecule is Cc1ccc(C(=O)CCC(=O)N(CCC(=O)O)C2CC2)cc1C. The number of hydrogen-bond donors (Lipinski definition) is 1. The van der Waals surface area contributed by atoms with Crippen LogP contribution in [-0.2, 0) is 9.59 Å². The van der Waals surface area contributed by atoms with Crippen LogP contribution in [0.4, 0.5) is 0 Å². The average molecular weight is 317 g/mol. The Labute approximate surface area is 136 Å². The van der Waals surface area contributed by atoms with Crippen LogP contribution < -0.4 is 0 Å². The molecule has 23 heavy (non-hydrogen) atoms. The smallest absolute Gasteiger partial charge is 0.305 e. The van der Waals surface area contributed by atoms with Crippen molar-refractivity contribution in [1.82, 2.24) is 4.90 Å². The zero-order valence-corrected chi connectivity index (χ0v) is 13.7. The molecular formula is C18H23NO4. The van der Waals surface area contributed by atoms with Gasteiger partial charge in [-0.2, -0.15) is 0 Å². The summed E-state index contributed by atoms with van der Waals surface area (Å²) in [6, 6.07) is 5.72. The zero-order chi connectivity index (χ0) is 17.0. The first-order valence-electron chi connectivity index (χ1n) is 8.00.